The molecule has 0 radical (unpaired) electrons. The Bertz CT molecular complexity index is 659. The van der Waals surface area contributed by atoms with E-state index in [0.29, 0.717) is 22.3 Å². The zero-order valence-corrected chi connectivity index (χ0v) is 12.4. The minimum atomic E-state index is -0.0411. The first-order chi connectivity index (χ1) is 8.97. The SMILES string of the molecule is CC(C)CNC(=O)Cn1c(=S)[nH]c2cc(Cl)ccc21. The lowest BCUT2D eigenvalue weighted by molar-refractivity contribution is -0.121. The average molecular weight is 298 g/mol. The van der Waals surface area contributed by atoms with Crippen LogP contribution >= 0.6 is 23.8 Å². The van der Waals surface area contributed by atoms with Crippen LogP contribution in [0.25, 0.3) is 11.0 Å². The molecular formula is C13H16ClN3OS. The molecule has 0 atom stereocenters. The number of fused-ring (bicyclic) bond motifs is 1. The molecule has 0 aliphatic carbocycles. The summed E-state index contributed by atoms with van der Waals surface area (Å²) >= 11 is 11.2. The van der Waals surface area contributed by atoms with Crippen molar-refractivity contribution in [3.05, 3.63) is 28.0 Å². The number of hydrogen-bond acceptors (Lipinski definition) is 2. The van der Waals surface area contributed by atoms with Crippen LogP contribution in [0.4, 0.5) is 0 Å². The molecule has 0 bridgehead atoms. The van der Waals surface area contributed by atoms with Gasteiger partial charge < -0.3 is 14.9 Å². The van der Waals surface area contributed by atoms with Crippen molar-refractivity contribution in [1.29, 1.82) is 0 Å². The largest absolute Gasteiger partial charge is 0.354 e. The number of amides is 1. The molecule has 0 aliphatic rings. The number of H-pyrrole nitrogens is 1. The Balaban J connectivity index is 2.23. The predicted octanol–water partition coefficient (Wildman–Crippen LogP) is 3.12. The molecule has 0 unspecified atom stereocenters. The first-order valence-corrected chi connectivity index (χ1v) is 6.90. The third-order valence-corrected chi connectivity index (χ3v) is 3.30. The van der Waals surface area contributed by atoms with Gasteiger partial charge in [0.05, 0.1) is 11.0 Å². The van der Waals surface area contributed by atoms with Gasteiger partial charge in [-0.2, -0.15) is 0 Å². The van der Waals surface area contributed by atoms with E-state index >= 15 is 0 Å². The van der Waals surface area contributed by atoms with Gasteiger partial charge in [-0.05, 0) is 36.3 Å². The van der Waals surface area contributed by atoms with Crippen molar-refractivity contribution in [2.24, 2.45) is 5.92 Å². The molecule has 102 valence electrons. The lowest BCUT2D eigenvalue weighted by Gasteiger charge is -2.08. The molecule has 2 rings (SSSR count). The molecule has 19 heavy (non-hydrogen) atoms. The molecule has 1 amide bonds. The van der Waals surface area contributed by atoms with Crippen LogP contribution in [0.5, 0.6) is 0 Å². The average Bonchev–Trinajstić information content (AvgIpc) is 2.62. The van der Waals surface area contributed by atoms with E-state index in [1.165, 1.54) is 0 Å². The smallest absolute Gasteiger partial charge is 0.240 e. The standard InChI is InChI=1S/C13H16ClN3OS/c1-8(2)6-15-12(18)7-17-11-4-3-9(14)5-10(11)16-13(17)19/h3-5,8H,6-7H2,1-2H3,(H,15,18)(H,16,19). The number of halogens is 1. The molecule has 1 aromatic heterocycles. The predicted molar refractivity (Wildman–Crippen MR) is 80.0 cm³/mol. The summed E-state index contributed by atoms with van der Waals surface area (Å²) in [6.45, 7) is 4.99. The van der Waals surface area contributed by atoms with Crippen molar-refractivity contribution in [2.75, 3.05) is 6.54 Å². The first-order valence-electron chi connectivity index (χ1n) is 6.12. The highest BCUT2D eigenvalue weighted by Crippen LogP contribution is 2.18. The third kappa shape index (κ3) is 3.36. The number of carbonyl (C=O) groups is 1. The number of rotatable bonds is 4. The molecule has 1 heterocycles. The topological polar surface area (TPSA) is 49.8 Å². The Kier molecular flexibility index (Phi) is 4.27. The number of aromatic nitrogens is 2. The van der Waals surface area contributed by atoms with Crippen molar-refractivity contribution >= 4 is 40.8 Å². The molecular weight excluding hydrogens is 282 g/mol. The number of nitrogens with one attached hydrogen (secondary N) is 2. The van der Waals surface area contributed by atoms with Gasteiger partial charge in [0.1, 0.15) is 6.54 Å². The quantitative estimate of drug-likeness (QED) is 0.852. The molecule has 0 saturated carbocycles. The Morgan fingerprint density at radius 1 is 1.53 bits per heavy atom. The van der Waals surface area contributed by atoms with E-state index in [1.807, 2.05) is 6.07 Å². The first kappa shape index (κ1) is 14.1. The molecule has 0 spiro atoms. The number of carbonyl (C=O) groups excluding carboxylic acids is 1. The molecule has 0 fully saturated rings. The number of imidazole rings is 1. The lowest BCUT2D eigenvalue weighted by atomic mass is 10.2. The number of benzene rings is 1. The summed E-state index contributed by atoms with van der Waals surface area (Å²) in [4.78, 5) is 14.9. The second-order valence-electron chi connectivity index (χ2n) is 4.88. The van der Waals surface area contributed by atoms with Crippen LogP contribution in [0.15, 0.2) is 18.2 Å². The second kappa shape index (κ2) is 5.75. The summed E-state index contributed by atoms with van der Waals surface area (Å²) in [5.41, 5.74) is 1.73. The highest BCUT2D eigenvalue weighted by Gasteiger charge is 2.09. The minimum absolute atomic E-state index is 0.0411. The van der Waals surface area contributed by atoms with Crippen LogP contribution < -0.4 is 5.32 Å². The van der Waals surface area contributed by atoms with E-state index in [0.717, 1.165) is 11.0 Å². The molecule has 1 aromatic carbocycles. The van der Waals surface area contributed by atoms with Crippen molar-refractivity contribution in [3.8, 4) is 0 Å². The zero-order valence-electron chi connectivity index (χ0n) is 10.9. The molecule has 2 N–H and O–H groups in total. The highest BCUT2D eigenvalue weighted by atomic mass is 35.5. The van der Waals surface area contributed by atoms with Gasteiger partial charge in [-0.25, -0.2) is 0 Å². The number of nitrogens with zero attached hydrogens (tertiary/aromatic N) is 1. The van der Waals surface area contributed by atoms with E-state index in [2.05, 4.69) is 24.1 Å². The van der Waals surface area contributed by atoms with Gasteiger partial charge in [-0.3, -0.25) is 4.79 Å². The minimum Gasteiger partial charge on any atom is -0.354 e. The molecule has 0 aliphatic heterocycles. The van der Waals surface area contributed by atoms with Crippen LogP contribution in [0.2, 0.25) is 5.02 Å². The summed E-state index contributed by atoms with van der Waals surface area (Å²) in [6, 6.07) is 5.45. The van der Waals surface area contributed by atoms with E-state index in [-0.39, 0.29) is 12.5 Å². The van der Waals surface area contributed by atoms with E-state index < -0.39 is 0 Å². The van der Waals surface area contributed by atoms with Gasteiger partial charge in [0.25, 0.3) is 0 Å². The second-order valence-corrected chi connectivity index (χ2v) is 5.70. The van der Waals surface area contributed by atoms with Crippen LogP contribution in [-0.2, 0) is 11.3 Å². The maximum atomic E-state index is 11.9. The summed E-state index contributed by atoms with van der Waals surface area (Å²) in [5.74, 6) is 0.388. The van der Waals surface area contributed by atoms with Gasteiger partial charge in [0.2, 0.25) is 5.91 Å². The lowest BCUT2D eigenvalue weighted by Crippen LogP contribution is -2.30. The molecule has 6 heteroatoms. The fourth-order valence-corrected chi connectivity index (χ4v) is 2.26. The summed E-state index contributed by atoms with van der Waals surface area (Å²) in [7, 11) is 0. The van der Waals surface area contributed by atoms with Crippen molar-refractivity contribution in [1.82, 2.24) is 14.9 Å². The fraction of sp³-hybridized carbons (Fsp3) is 0.385. The Hall–Kier alpha value is -1.33. The van der Waals surface area contributed by atoms with E-state index in [9.17, 15) is 4.79 Å². The van der Waals surface area contributed by atoms with Crippen molar-refractivity contribution < 1.29 is 4.79 Å². The fourth-order valence-electron chi connectivity index (χ4n) is 1.81. The van der Waals surface area contributed by atoms with Crippen molar-refractivity contribution in [3.63, 3.8) is 0 Å². The Morgan fingerprint density at radius 3 is 2.95 bits per heavy atom. The van der Waals surface area contributed by atoms with Crippen LogP contribution in [-0.4, -0.2) is 22.0 Å². The van der Waals surface area contributed by atoms with Gasteiger partial charge in [0, 0.05) is 11.6 Å². The molecule has 0 saturated heterocycles. The maximum Gasteiger partial charge on any atom is 0.240 e. The van der Waals surface area contributed by atoms with Crippen molar-refractivity contribution in [2.45, 2.75) is 20.4 Å². The Labute approximate surface area is 121 Å². The summed E-state index contributed by atoms with van der Waals surface area (Å²) in [6.07, 6.45) is 0. The van der Waals surface area contributed by atoms with Crippen LogP contribution in [0, 0.1) is 10.7 Å². The van der Waals surface area contributed by atoms with Gasteiger partial charge in [-0.15, -0.1) is 0 Å². The summed E-state index contributed by atoms with van der Waals surface area (Å²) in [5, 5.41) is 3.52. The van der Waals surface area contributed by atoms with Gasteiger partial charge in [0.15, 0.2) is 4.77 Å². The van der Waals surface area contributed by atoms with E-state index in [1.54, 1.807) is 16.7 Å². The number of hydrogen-bond donors (Lipinski definition) is 2. The monoisotopic (exact) mass is 297 g/mol. The van der Waals surface area contributed by atoms with Crippen LogP contribution in [0.3, 0.4) is 0 Å². The maximum absolute atomic E-state index is 11.9. The zero-order chi connectivity index (χ0) is 14.0. The highest BCUT2D eigenvalue weighted by molar-refractivity contribution is 7.71. The van der Waals surface area contributed by atoms with E-state index in [4.69, 9.17) is 23.8 Å². The van der Waals surface area contributed by atoms with Gasteiger partial charge in [-0.1, -0.05) is 25.4 Å². The van der Waals surface area contributed by atoms with Crippen LogP contribution in [0.1, 0.15) is 13.8 Å². The third-order valence-electron chi connectivity index (χ3n) is 2.75. The molecule has 2 aromatic rings. The summed E-state index contributed by atoms with van der Waals surface area (Å²) < 4.78 is 2.30. The number of aromatic amines is 1. The Morgan fingerprint density at radius 2 is 2.26 bits per heavy atom. The normalized spacial score (nSPS) is 11.2. The molecule has 4 nitrogen and oxygen atoms in total. The van der Waals surface area contributed by atoms with Gasteiger partial charge >= 0.3 is 0 Å².